The highest BCUT2D eigenvalue weighted by atomic mass is 79.9. The number of anilines is 2. The molecule has 0 aromatic heterocycles. The van der Waals surface area contributed by atoms with Crippen molar-refractivity contribution in [2.75, 3.05) is 9.80 Å². The average molecular weight is 571 g/mol. The van der Waals surface area contributed by atoms with Crippen LogP contribution in [0.2, 0.25) is 0 Å². The molecule has 0 N–H and O–H groups in total. The predicted molar refractivity (Wildman–Crippen MR) is 146 cm³/mol. The summed E-state index contributed by atoms with van der Waals surface area (Å²) in [4.78, 5) is 42.7. The summed E-state index contributed by atoms with van der Waals surface area (Å²) >= 11 is 3.42. The molecule has 6 nitrogen and oxygen atoms in total. The second kappa shape index (κ2) is 10.8. The van der Waals surface area contributed by atoms with Crippen LogP contribution in [0.1, 0.15) is 11.1 Å². The van der Waals surface area contributed by atoms with Crippen molar-refractivity contribution < 1.29 is 23.5 Å². The molecule has 1 aliphatic rings. The quantitative estimate of drug-likeness (QED) is 0.190. The van der Waals surface area contributed by atoms with Gasteiger partial charge in [0.1, 0.15) is 23.7 Å². The fourth-order valence-electron chi connectivity index (χ4n) is 4.03. The molecular formula is C30H20BrFN2O4. The van der Waals surface area contributed by atoms with Crippen molar-refractivity contribution in [1.29, 1.82) is 0 Å². The van der Waals surface area contributed by atoms with E-state index in [1.807, 2.05) is 0 Å². The summed E-state index contributed by atoms with van der Waals surface area (Å²) in [6.45, 7) is -0.0584. The van der Waals surface area contributed by atoms with Gasteiger partial charge in [-0.05, 0) is 54.6 Å². The molecule has 4 aromatic rings. The molecule has 0 atom stereocenters. The SMILES string of the molecule is O=C1C(=Cc2cc(Br)ccc2OCc2ccccc2F)C(=O)N(c2ccccc2)C(=O)N1c1ccccc1. The number of carbonyl (C=O) groups is 3. The van der Waals surface area contributed by atoms with Crippen molar-refractivity contribution in [2.45, 2.75) is 6.61 Å². The number of imide groups is 2. The van der Waals surface area contributed by atoms with E-state index in [1.165, 1.54) is 12.1 Å². The Kier molecular flexibility index (Phi) is 7.15. The van der Waals surface area contributed by atoms with E-state index in [1.54, 1.807) is 97.1 Å². The number of carbonyl (C=O) groups excluding carboxylic acids is 3. The van der Waals surface area contributed by atoms with Crippen LogP contribution in [0.5, 0.6) is 5.75 Å². The molecule has 0 saturated carbocycles. The number of urea groups is 1. The van der Waals surface area contributed by atoms with E-state index >= 15 is 0 Å². The zero-order valence-corrected chi connectivity index (χ0v) is 21.5. The lowest BCUT2D eigenvalue weighted by atomic mass is 10.0. The van der Waals surface area contributed by atoms with Crippen LogP contribution >= 0.6 is 15.9 Å². The lowest BCUT2D eigenvalue weighted by Gasteiger charge is -2.34. The number of hydrogen-bond acceptors (Lipinski definition) is 4. The largest absolute Gasteiger partial charge is 0.488 e. The first kappa shape index (κ1) is 25.1. The number of ether oxygens (including phenoxy) is 1. The maximum Gasteiger partial charge on any atom is 0.343 e. The number of rotatable bonds is 6. The third-order valence-electron chi connectivity index (χ3n) is 5.89. The molecule has 0 spiro atoms. The van der Waals surface area contributed by atoms with Gasteiger partial charge in [0, 0.05) is 15.6 Å². The zero-order chi connectivity index (χ0) is 26.6. The molecule has 1 heterocycles. The predicted octanol–water partition coefficient (Wildman–Crippen LogP) is 6.75. The van der Waals surface area contributed by atoms with Crippen LogP contribution in [0.4, 0.5) is 20.6 Å². The molecule has 8 heteroatoms. The van der Waals surface area contributed by atoms with Gasteiger partial charge in [-0.25, -0.2) is 19.0 Å². The number of halogens is 2. The number of hydrogen-bond donors (Lipinski definition) is 0. The molecule has 5 rings (SSSR count). The molecular weight excluding hydrogens is 551 g/mol. The Bertz CT molecular complexity index is 1490. The molecule has 1 fully saturated rings. The van der Waals surface area contributed by atoms with E-state index in [4.69, 9.17) is 4.74 Å². The Hall–Kier alpha value is -4.56. The van der Waals surface area contributed by atoms with E-state index in [9.17, 15) is 18.8 Å². The van der Waals surface area contributed by atoms with Gasteiger partial charge in [0.25, 0.3) is 11.8 Å². The minimum Gasteiger partial charge on any atom is -0.488 e. The first-order valence-corrected chi connectivity index (χ1v) is 12.4. The number of benzene rings is 4. The average Bonchev–Trinajstić information content (AvgIpc) is 2.93. The molecule has 0 unspecified atom stereocenters. The Labute approximate surface area is 226 Å². The highest BCUT2D eigenvalue weighted by Gasteiger charge is 2.43. The van der Waals surface area contributed by atoms with Gasteiger partial charge in [0.05, 0.1) is 11.4 Å². The van der Waals surface area contributed by atoms with Gasteiger partial charge in [-0.15, -0.1) is 0 Å². The number of amides is 4. The van der Waals surface area contributed by atoms with Gasteiger partial charge in [-0.3, -0.25) is 9.59 Å². The van der Waals surface area contributed by atoms with Crippen molar-refractivity contribution in [3.8, 4) is 5.75 Å². The first-order valence-electron chi connectivity index (χ1n) is 11.6. The van der Waals surface area contributed by atoms with Crippen molar-refractivity contribution >= 4 is 51.2 Å². The molecule has 0 bridgehead atoms. The maximum absolute atomic E-state index is 14.1. The third kappa shape index (κ3) is 4.99. The monoisotopic (exact) mass is 570 g/mol. The highest BCUT2D eigenvalue weighted by Crippen LogP contribution is 2.32. The summed E-state index contributed by atoms with van der Waals surface area (Å²) in [6.07, 6.45) is 1.39. The van der Waals surface area contributed by atoms with Gasteiger partial charge < -0.3 is 4.74 Å². The smallest absolute Gasteiger partial charge is 0.343 e. The lowest BCUT2D eigenvalue weighted by Crippen LogP contribution is -2.57. The Morgan fingerprint density at radius 1 is 0.737 bits per heavy atom. The fourth-order valence-corrected chi connectivity index (χ4v) is 4.41. The highest BCUT2D eigenvalue weighted by molar-refractivity contribution is 9.10. The summed E-state index contributed by atoms with van der Waals surface area (Å²) in [5, 5.41) is 0. The van der Waals surface area contributed by atoms with Crippen LogP contribution in [0.3, 0.4) is 0 Å². The molecule has 1 aliphatic heterocycles. The van der Waals surface area contributed by atoms with Gasteiger partial charge >= 0.3 is 6.03 Å². The molecule has 4 aromatic carbocycles. The van der Waals surface area contributed by atoms with Gasteiger partial charge in [-0.1, -0.05) is 70.5 Å². The van der Waals surface area contributed by atoms with E-state index in [-0.39, 0.29) is 12.2 Å². The molecule has 188 valence electrons. The Morgan fingerprint density at radius 3 is 1.87 bits per heavy atom. The topological polar surface area (TPSA) is 66.9 Å². The van der Waals surface area contributed by atoms with Crippen molar-refractivity contribution in [1.82, 2.24) is 0 Å². The minimum atomic E-state index is -0.778. The summed E-state index contributed by atoms with van der Waals surface area (Å²) in [6, 6.07) is 27.4. The molecule has 0 aliphatic carbocycles. The standard InChI is InChI=1S/C30H20BrFN2O4/c31-22-15-16-27(38-19-20-9-7-8-14-26(20)32)21(17-22)18-25-28(35)33(23-10-3-1-4-11-23)30(37)34(29(25)36)24-12-5-2-6-13-24/h1-18H,19H2. The minimum absolute atomic E-state index is 0.0584. The molecule has 0 radical (unpaired) electrons. The summed E-state index contributed by atoms with van der Waals surface area (Å²) < 4.78 is 20.7. The summed E-state index contributed by atoms with van der Waals surface area (Å²) in [5.74, 6) is -1.60. The van der Waals surface area contributed by atoms with Crippen molar-refractivity contribution in [3.05, 3.63) is 130 Å². The molecule has 1 saturated heterocycles. The fraction of sp³-hybridized carbons (Fsp3) is 0.0333. The van der Waals surface area contributed by atoms with Gasteiger partial charge in [0.15, 0.2) is 0 Å². The second-order valence-corrected chi connectivity index (χ2v) is 9.27. The normalized spacial score (nSPS) is 13.6. The van der Waals surface area contributed by atoms with Crippen LogP contribution in [0, 0.1) is 5.82 Å². The van der Waals surface area contributed by atoms with E-state index in [2.05, 4.69) is 15.9 Å². The van der Waals surface area contributed by atoms with Crippen LogP contribution in [-0.4, -0.2) is 17.8 Å². The zero-order valence-electron chi connectivity index (χ0n) is 19.9. The number of para-hydroxylation sites is 2. The van der Waals surface area contributed by atoms with Crippen LogP contribution in [-0.2, 0) is 16.2 Å². The summed E-state index contributed by atoms with van der Waals surface area (Å²) in [7, 11) is 0. The first-order chi connectivity index (χ1) is 18.4. The van der Waals surface area contributed by atoms with Crippen LogP contribution in [0.25, 0.3) is 6.08 Å². The maximum atomic E-state index is 14.1. The number of barbiturate groups is 1. The Balaban J connectivity index is 1.59. The van der Waals surface area contributed by atoms with Gasteiger partial charge in [0.2, 0.25) is 0 Å². The Morgan fingerprint density at radius 2 is 1.29 bits per heavy atom. The van der Waals surface area contributed by atoms with Gasteiger partial charge in [-0.2, -0.15) is 0 Å². The van der Waals surface area contributed by atoms with Crippen LogP contribution in [0.15, 0.2) is 113 Å². The van der Waals surface area contributed by atoms with E-state index in [0.717, 1.165) is 9.80 Å². The second-order valence-electron chi connectivity index (χ2n) is 8.36. The third-order valence-corrected chi connectivity index (χ3v) is 6.38. The van der Waals surface area contributed by atoms with E-state index in [0.29, 0.717) is 32.7 Å². The van der Waals surface area contributed by atoms with Crippen LogP contribution < -0.4 is 14.5 Å². The van der Waals surface area contributed by atoms with E-state index < -0.39 is 23.7 Å². The molecule has 4 amide bonds. The van der Waals surface area contributed by atoms with Crippen molar-refractivity contribution in [2.24, 2.45) is 0 Å². The number of nitrogens with zero attached hydrogens (tertiary/aromatic N) is 2. The van der Waals surface area contributed by atoms with Crippen molar-refractivity contribution in [3.63, 3.8) is 0 Å². The molecule has 38 heavy (non-hydrogen) atoms. The lowest BCUT2D eigenvalue weighted by molar-refractivity contribution is -0.121. The summed E-state index contributed by atoms with van der Waals surface area (Å²) in [5.41, 5.74) is 1.18.